The van der Waals surface area contributed by atoms with E-state index in [9.17, 15) is 27.5 Å². The first-order valence-corrected chi connectivity index (χ1v) is 11.7. The summed E-state index contributed by atoms with van der Waals surface area (Å²) in [7, 11) is 0. The molecule has 186 valence electrons. The van der Waals surface area contributed by atoms with Crippen LogP contribution in [0, 0.1) is 5.82 Å². The van der Waals surface area contributed by atoms with Crippen LogP contribution in [0.3, 0.4) is 0 Å². The zero-order chi connectivity index (χ0) is 24.8. The van der Waals surface area contributed by atoms with Crippen molar-refractivity contribution in [3.8, 4) is 0 Å². The molecule has 3 aliphatic rings. The van der Waals surface area contributed by atoms with Crippen LogP contribution in [0.25, 0.3) is 11.0 Å². The number of amides is 2. The topological polar surface area (TPSA) is 90.0 Å². The Morgan fingerprint density at radius 3 is 2.40 bits per heavy atom. The number of benzene rings is 2. The fourth-order valence-corrected chi connectivity index (χ4v) is 5.25. The fourth-order valence-electron chi connectivity index (χ4n) is 5.25. The van der Waals surface area contributed by atoms with E-state index in [-0.39, 0.29) is 12.0 Å². The number of alkyl halides is 3. The van der Waals surface area contributed by atoms with Crippen LogP contribution in [0.1, 0.15) is 61.5 Å². The molecule has 1 atom stereocenters. The first kappa shape index (κ1) is 23.6. The molecule has 2 aromatic carbocycles. The Kier molecular flexibility index (Phi) is 5.74. The van der Waals surface area contributed by atoms with Crippen LogP contribution in [0.2, 0.25) is 0 Å². The number of rotatable bonds is 5. The van der Waals surface area contributed by atoms with Crippen molar-refractivity contribution in [3.05, 3.63) is 65.2 Å². The van der Waals surface area contributed by atoms with Crippen molar-refractivity contribution in [3.63, 3.8) is 0 Å². The molecule has 3 saturated carbocycles. The van der Waals surface area contributed by atoms with E-state index < -0.39 is 40.8 Å². The highest BCUT2D eigenvalue weighted by Gasteiger charge is 2.48. The van der Waals surface area contributed by atoms with Gasteiger partial charge in [-0.3, -0.25) is 0 Å². The van der Waals surface area contributed by atoms with Crippen LogP contribution in [-0.2, 0) is 12.6 Å². The summed E-state index contributed by atoms with van der Waals surface area (Å²) in [6.07, 6.45) is -0.879. The molecule has 6 rings (SSSR count). The number of aliphatic hydroxyl groups is 1. The molecule has 3 aliphatic carbocycles. The molecule has 1 aromatic heterocycles. The Hall–Kier alpha value is -3.14. The maximum atomic E-state index is 14.6. The standard InChI is InChI=1S/C25H26F4N4O2/c26-17-14-16(25(27,28)29)6-5-15(17)13-20(21-30-18-3-1-2-4-19(18)31-21)32-22(34)33-23-7-10-24(35,11-8-23)12-9-23/h1-6,14,20,35H,7-13H2,(H,30,31)(H2,32,33,34)/t20-,23?,24?/m1/s1. The van der Waals surface area contributed by atoms with Crippen molar-refractivity contribution < 1.29 is 27.5 Å². The van der Waals surface area contributed by atoms with Gasteiger partial charge in [0.05, 0.1) is 28.2 Å². The molecule has 3 aromatic rings. The van der Waals surface area contributed by atoms with Crippen molar-refractivity contribution in [1.29, 1.82) is 0 Å². The Labute approximate surface area is 199 Å². The van der Waals surface area contributed by atoms with Crippen LogP contribution in [0.4, 0.5) is 22.4 Å². The minimum absolute atomic E-state index is 0.0299. The van der Waals surface area contributed by atoms with Gasteiger partial charge in [-0.1, -0.05) is 18.2 Å². The molecule has 0 unspecified atom stereocenters. The number of fused-ring (bicyclic) bond motifs is 4. The number of nitrogens with one attached hydrogen (secondary N) is 3. The van der Waals surface area contributed by atoms with Gasteiger partial charge in [0.15, 0.2) is 0 Å². The molecule has 2 amide bonds. The lowest BCUT2D eigenvalue weighted by molar-refractivity contribution is -0.137. The van der Waals surface area contributed by atoms with Gasteiger partial charge in [-0.05, 0) is 68.4 Å². The van der Waals surface area contributed by atoms with Crippen molar-refractivity contribution >= 4 is 17.1 Å². The smallest absolute Gasteiger partial charge is 0.390 e. The van der Waals surface area contributed by atoms with Gasteiger partial charge in [-0.25, -0.2) is 14.2 Å². The van der Waals surface area contributed by atoms with Crippen LogP contribution < -0.4 is 10.6 Å². The summed E-state index contributed by atoms with van der Waals surface area (Å²) in [4.78, 5) is 20.7. The lowest BCUT2D eigenvalue weighted by Crippen LogP contribution is -2.60. The lowest BCUT2D eigenvalue weighted by atomic mass is 9.63. The fraction of sp³-hybridized carbons (Fsp3) is 0.440. The number of halogens is 4. The Morgan fingerprint density at radius 2 is 1.77 bits per heavy atom. The number of hydrogen-bond acceptors (Lipinski definition) is 3. The van der Waals surface area contributed by atoms with E-state index in [4.69, 9.17) is 0 Å². The summed E-state index contributed by atoms with van der Waals surface area (Å²) in [5.74, 6) is -0.625. The molecular formula is C25H26F4N4O2. The molecule has 0 spiro atoms. The van der Waals surface area contributed by atoms with E-state index >= 15 is 0 Å². The number of H-pyrrole nitrogens is 1. The number of imidazole rings is 1. The van der Waals surface area contributed by atoms with E-state index in [1.54, 1.807) is 6.07 Å². The summed E-state index contributed by atoms with van der Waals surface area (Å²) in [6.45, 7) is 0. The summed E-state index contributed by atoms with van der Waals surface area (Å²) in [6, 6.07) is 8.35. The molecule has 1 heterocycles. The van der Waals surface area contributed by atoms with Gasteiger partial charge >= 0.3 is 12.2 Å². The van der Waals surface area contributed by atoms with Crippen molar-refractivity contribution in [2.75, 3.05) is 0 Å². The third-order valence-corrected chi connectivity index (χ3v) is 7.43. The lowest BCUT2D eigenvalue weighted by Gasteiger charge is -2.51. The number of carbonyl (C=O) groups excluding carboxylic acids is 1. The van der Waals surface area contributed by atoms with Gasteiger partial charge in [-0.2, -0.15) is 13.2 Å². The number of carbonyl (C=O) groups is 1. The van der Waals surface area contributed by atoms with Crippen LogP contribution in [0.5, 0.6) is 0 Å². The molecule has 6 nitrogen and oxygen atoms in total. The van der Waals surface area contributed by atoms with Crippen molar-refractivity contribution in [1.82, 2.24) is 20.6 Å². The number of hydrogen-bond donors (Lipinski definition) is 4. The molecule has 0 saturated heterocycles. The summed E-state index contributed by atoms with van der Waals surface area (Å²) in [5, 5.41) is 16.4. The molecule has 3 fully saturated rings. The van der Waals surface area contributed by atoms with Gasteiger partial charge in [-0.15, -0.1) is 0 Å². The highest BCUT2D eigenvalue weighted by atomic mass is 19.4. The number of aromatic amines is 1. The van der Waals surface area contributed by atoms with Gasteiger partial charge in [0.2, 0.25) is 0 Å². The zero-order valence-corrected chi connectivity index (χ0v) is 18.9. The molecule has 35 heavy (non-hydrogen) atoms. The third kappa shape index (κ3) is 4.84. The number of nitrogens with zero attached hydrogens (tertiary/aromatic N) is 1. The Balaban J connectivity index is 1.39. The van der Waals surface area contributed by atoms with Crippen molar-refractivity contribution in [2.24, 2.45) is 0 Å². The van der Waals surface area contributed by atoms with E-state index in [1.165, 1.54) is 0 Å². The number of aromatic nitrogens is 2. The zero-order valence-electron chi connectivity index (χ0n) is 18.9. The van der Waals surface area contributed by atoms with E-state index in [0.29, 0.717) is 55.9 Å². The van der Waals surface area contributed by atoms with Crippen molar-refractivity contribution in [2.45, 2.75) is 68.3 Å². The number of para-hydroxylation sites is 2. The minimum Gasteiger partial charge on any atom is -0.390 e. The average Bonchev–Trinajstić information content (AvgIpc) is 3.24. The first-order valence-electron chi connectivity index (χ1n) is 11.7. The van der Waals surface area contributed by atoms with Gasteiger partial charge in [0.25, 0.3) is 0 Å². The summed E-state index contributed by atoms with van der Waals surface area (Å²) in [5.41, 5.74) is -0.718. The Bertz CT molecular complexity index is 1200. The van der Waals surface area contributed by atoms with Gasteiger partial charge in [0.1, 0.15) is 11.6 Å². The second-order valence-electron chi connectivity index (χ2n) is 9.80. The summed E-state index contributed by atoms with van der Waals surface area (Å²) < 4.78 is 53.6. The quantitative estimate of drug-likeness (QED) is 0.373. The predicted octanol–water partition coefficient (Wildman–Crippen LogP) is 5.14. The molecule has 10 heteroatoms. The third-order valence-electron chi connectivity index (χ3n) is 7.43. The largest absolute Gasteiger partial charge is 0.416 e. The van der Waals surface area contributed by atoms with E-state index in [1.807, 2.05) is 18.2 Å². The van der Waals surface area contributed by atoms with Gasteiger partial charge < -0.3 is 20.7 Å². The molecule has 0 radical (unpaired) electrons. The van der Waals surface area contributed by atoms with E-state index in [2.05, 4.69) is 20.6 Å². The van der Waals surface area contributed by atoms with E-state index in [0.717, 1.165) is 17.6 Å². The maximum Gasteiger partial charge on any atom is 0.416 e. The molecule has 4 N–H and O–H groups in total. The maximum absolute atomic E-state index is 14.6. The molecule has 2 bridgehead atoms. The number of urea groups is 1. The predicted molar refractivity (Wildman–Crippen MR) is 121 cm³/mol. The SMILES string of the molecule is O=C(N[C@H](Cc1ccc(C(F)(F)F)cc1F)c1nc2ccccc2[nH]1)NC12CCC(O)(CC1)CC2. The Morgan fingerprint density at radius 1 is 1.09 bits per heavy atom. The first-order chi connectivity index (χ1) is 16.5. The average molecular weight is 491 g/mol. The second-order valence-corrected chi connectivity index (χ2v) is 9.80. The molecular weight excluding hydrogens is 464 g/mol. The van der Waals surface area contributed by atoms with Crippen LogP contribution in [-0.4, -0.2) is 32.2 Å². The summed E-state index contributed by atoms with van der Waals surface area (Å²) >= 11 is 0. The monoisotopic (exact) mass is 490 g/mol. The highest BCUT2D eigenvalue weighted by molar-refractivity contribution is 5.77. The van der Waals surface area contributed by atoms with Crippen LogP contribution >= 0.6 is 0 Å². The highest BCUT2D eigenvalue weighted by Crippen LogP contribution is 2.46. The normalized spacial score (nSPS) is 24.9. The van der Waals surface area contributed by atoms with Crippen LogP contribution in [0.15, 0.2) is 42.5 Å². The second kappa shape index (κ2) is 8.51. The minimum atomic E-state index is -4.65. The molecule has 0 aliphatic heterocycles. The van der Waals surface area contributed by atoms with Gasteiger partial charge in [0, 0.05) is 12.0 Å².